The number of carbonyl (C=O) groups is 1. The Labute approximate surface area is 158 Å². The lowest BCUT2D eigenvalue weighted by atomic mass is 9.98. The molecule has 3 rings (SSSR count). The van der Waals surface area contributed by atoms with Crippen molar-refractivity contribution < 1.29 is 18.3 Å². The Balaban J connectivity index is 2.26. The first kappa shape index (κ1) is 18.8. The number of benzene rings is 2. The Hall–Kier alpha value is -2.93. The zero-order chi connectivity index (χ0) is 19.8. The monoisotopic (exact) mass is 383 g/mol. The van der Waals surface area contributed by atoms with E-state index in [1.54, 1.807) is 19.1 Å². The average Bonchev–Trinajstić information content (AvgIpc) is 3.01. The van der Waals surface area contributed by atoms with Crippen LogP contribution < -0.4 is 5.11 Å². The van der Waals surface area contributed by atoms with Gasteiger partial charge in [0.15, 0.2) is 9.84 Å². The maximum atomic E-state index is 11.8. The molecule has 6 nitrogen and oxygen atoms in total. The van der Waals surface area contributed by atoms with Gasteiger partial charge in [0.1, 0.15) is 5.69 Å². The maximum Gasteiger partial charge on any atom is 0.175 e. The van der Waals surface area contributed by atoms with Crippen molar-refractivity contribution in [3.63, 3.8) is 0 Å². The van der Waals surface area contributed by atoms with Crippen molar-refractivity contribution >= 4 is 15.8 Å². The molecule has 1 heterocycles. The molecule has 27 heavy (non-hydrogen) atoms. The van der Waals surface area contributed by atoms with Crippen LogP contribution in [0.25, 0.3) is 22.4 Å². The fraction of sp³-hybridized carbons (Fsp3) is 0.200. The average molecular weight is 383 g/mol. The van der Waals surface area contributed by atoms with Crippen LogP contribution in [-0.2, 0) is 16.4 Å². The molecule has 0 atom stereocenters. The van der Waals surface area contributed by atoms with E-state index in [2.05, 4.69) is 5.10 Å². The van der Waals surface area contributed by atoms with E-state index >= 15 is 0 Å². The molecule has 0 unspecified atom stereocenters. The number of nitrogens with zero attached hydrogens (tertiary/aromatic N) is 2. The van der Waals surface area contributed by atoms with Crippen LogP contribution in [0.1, 0.15) is 23.0 Å². The molecule has 3 aromatic rings. The molecule has 0 saturated carbocycles. The van der Waals surface area contributed by atoms with Gasteiger partial charge >= 0.3 is 0 Å². The Morgan fingerprint density at radius 1 is 1.04 bits per heavy atom. The van der Waals surface area contributed by atoms with Crippen molar-refractivity contribution in [1.29, 1.82) is 0 Å². The molecule has 140 valence electrons. The first-order valence-electron chi connectivity index (χ1n) is 8.42. The molecule has 0 radical (unpaired) electrons. The fourth-order valence-electron chi connectivity index (χ4n) is 2.95. The van der Waals surface area contributed by atoms with Gasteiger partial charge in [-0.2, -0.15) is 5.10 Å². The number of aromatic nitrogens is 2. The summed E-state index contributed by atoms with van der Waals surface area (Å²) in [6, 6.07) is 13.7. The highest BCUT2D eigenvalue weighted by Crippen LogP contribution is 2.35. The SMILES string of the molecule is CCn1nc(-c2ccc(S(C)(=O)=O)cc2)c(-c2ccc(C)cc2)c1C(=O)[O-]. The lowest BCUT2D eigenvalue weighted by molar-refractivity contribution is -0.255. The molecule has 0 amide bonds. The molecule has 0 aliphatic heterocycles. The van der Waals surface area contributed by atoms with E-state index in [1.165, 1.54) is 16.8 Å². The van der Waals surface area contributed by atoms with E-state index in [9.17, 15) is 18.3 Å². The van der Waals surface area contributed by atoms with Crippen molar-refractivity contribution in [3.8, 4) is 22.4 Å². The van der Waals surface area contributed by atoms with Gasteiger partial charge in [0.25, 0.3) is 0 Å². The third kappa shape index (κ3) is 3.64. The number of sulfone groups is 1. The Bertz CT molecular complexity index is 1100. The second kappa shape index (κ2) is 7.00. The predicted octanol–water partition coefficient (Wildman–Crippen LogP) is 2.31. The van der Waals surface area contributed by atoms with Crippen LogP contribution in [0.5, 0.6) is 0 Å². The summed E-state index contributed by atoms with van der Waals surface area (Å²) in [5.74, 6) is -1.31. The first-order valence-corrected chi connectivity index (χ1v) is 10.3. The number of carboxylic acids is 1. The zero-order valence-electron chi connectivity index (χ0n) is 15.3. The molecule has 0 saturated heterocycles. The van der Waals surface area contributed by atoms with Crippen LogP contribution in [0.3, 0.4) is 0 Å². The minimum Gasteiger partial charge on any atom is -0.543 e. The standard InChI is InChI=1S/C20H20N2O4S/c1-4-22-19(20(23)24)17(14-7-5-13(2)6-8-14)18(21-22)15-9-11-16(12-10-15)27(3,25)26/h5-12H,4H2,1-3H3,(H,23,24)/p-1. The van der Waals surface area contributed by atoms with Crippen molar-refractivity contribution in [2.45, 2.75) is 25.3 Å². The van der Waals surface area contributed by atoms with Crippen molar-refractivity contribution in [1.82, 2.24) is 9.78 Å². The van der Waals surface area contributed by atoms with E-state index in [0.29, 0.717) is 28.9 Å². The molecule has 0 N–H and O–H groups in total. The minimum atomic E-state index is -3.32. The van der Waals surface area contributed by atoms with Gasteiger partial charge in [0, 0.05) is 23.9 Å². The Morgan fingerprint density at radius 2 is 1.59 bits per heavy atom. The second-order valence-corrected chi connectivity index (χ2v) is 8.35. The maximum absolute atomic E-state index is 11.8. The summed E-state index contributed by atoms with van der Waals surface area (Å²) in [6.07, 6.45) is 1.14. The molecule has 0 fully saturated rings. The van der Waals surface area contributed by atoms with E-state index < -0.39 is 15.8 Å². The third-order valence-electron chi connectivity index (χ3n) is 4.34. The summed E-state index contributed by atoms with van der Waals surface area (Å²) in [6.45, 7) is 4.11. The summed E-state index contributed by atoms with van der Waals surface area (Å²) < 4.78 is 24.8. The van der Waals surface area contributed by atoms with E-state index in [4.69, 9.17) is 0 Å². The van der Waals surface area contributed by atoms with Gasteiger partial charge in [0.05, 0.1) is 16.6 Å². The first-order chi connectivity index (χ1) is 12.7. The molecule has 0 aliphatic rings. The number of aromatic carboxylic acids is 1. The number of carboxylic acid groups (broad SMARTS) is 1. The third-order valence-corrected chi connectivity index (χ3v) is 5.47. The van der Waals surface area contributed by atoms with Gasteiger partial charge < -0.3 is 9.90 Å². The lowest BCUT2D eigenvalue weighted by Gasteiger charge is -2.10. The van der Waals surface area contributed by atoms with Crippen molar-refractivity contribution in [3.05, 3.63) is 59.8 Å². The van der Waals surface area contributed by atoms with Crippen molar-refractivity contribution in [2.75, 3.05) is 6.26 Å². The van der Waals surface area contributed by atoms with Crippen LogP contribution in [0.4, 0.5) is 0 Å². The molecular weight excluding hydrogens is 364 g/mol. The topological polar surface area (TPSA) is 92.1 Å². The number of aryl methyl sites for hydroxylation is 2. The van der Waals surface area contributed by atoms with Gasteiger partial charge in [-0.25, -0.2) is 8.42 Å². The Kier molecular flexibility index (Phi) is 4.89. The van der Waals surface area contributed by atoms with Gasteiger partial charge in [-0.3, -0.25) is 4.68 Å². The Morgan fingerprint density at radius 3 is 2.07 bits per heavy atom. The van der Waals surface area contributed by atoms with E-state index in [1.807, 2.05) is 31.2 Å². The highest BCUT2D eigenvalue weighted by molar-refractivity contribution is 7.90. The second-order valence-electron chi connectivity index (χ2n) is 6.34. The highest BCUT2D eigenvalue weighted by atomic mass is 32.2. The smallest absolute Gasteiger partial charge is 0.175 e. The molecule has 2 aromatic carbocycles. The summed E-state index contributed by atoms with van der Waals surface area (Å²) >= 11 is 0. The van der Waals surface area contributed by atoms with Crippen LogP contribution in [0.2, 0.25) is 0 Å². The number of carbonyl (C=O) groups excluding carboxylic acids is 1. The predicted molar refractivity (Wildman–Crippen MR) is 101 cm³/mol. The van der Waals surface area contributed by atoms with Crippen LogP contribution >= 0.6 is 0 Å². The summed E-state index contributed by atoms with van der Waals surface area (Å²) in [5, 5.41) is 16.3. The van der Waals surface area contributed by atoms with Gasteiger partial charge in [-0.15, -0.1) is 0 Å². The van der Waals surface area contributed by atoms with Crippen LogP contribution in [0, 0.1) is 6.92 Å². The van der Waals surface area contributed by atoms with Crippen molar-refractivity contribution in [2.24, 2.45) is 0 Å². The number of rotatable bonds is 5. The van der Waals surface area contributed by atoms with E-state index in [0.717, 1.165) is 11.8 Å². The molecule has 0 spiro atoms. The summed E-state index contributed by atoms with van der Waals surface area (Å²) in [4.78, 5) is 12.0. The van der Waals surface area contributed by atoms with Crippen LogP contribution in [0.15, 0.2) is 53.4 Å². The molecule has 1 aromatic heterocycles. The van der Waals surface area contributed by atoms with Gasteiger partial charge in [-0.05, 0) is 31.5 Å². The van der Waals surface area contributed by atoms with E-state index in [-0.39, 0.29) is 10.6 Å². The number of hydrogen-bond acceptors (Lipinski definition) is 5. The molecule has 0 bridgehead atoms. The summed E-state index contributed by atoms with van der Waals surface area (Å²) in [7, 11) is -3.32. The molecule has 0 aliphatic carbocycles. The summed E-state index contributed by atoms with van der Waals surface area (Å²) in [5.41, 5.74) is 3.33. The quantitative estimate of drug-likeness (QED) is 0.674. The fourth-order valence-corrected chi connectivity index (χ4v) is 3.58. The molecule has 7 heteroatoms. The van der Waals surface area contributed by atoms with Gasteiger partial charge in [-0.1, -0.05) is 42.0 Å². The largest absolute Gasteiger partial charge is 0.543 e. The minimum absolute atomic E-state index is 0.00328. The zero-order valence-corrected chi connectivity index (χ0v) is 16.1. The normalized spacial score (nSPS) is 11.5. The highest BCUT2D eigenvalue weighted by Gasteiger charge is 2.21. The lowest BCUT2D eigenvalue weighted by Crippen LogP contribution is -2.26. The number of hydrogen-bond donors (Lipinski definition) is 0. The van der Waals surface area contributed by atoms with Gasteiger partial charge in [0.2, 0.25) is 0 Å². The van der Waals surface area contributed by atoms with Crippen LogP contribution in [-0.4, -0.2) is 30.4 Å². The molecular formula is C20H19N2O4S-.